The zero-order valence-electron chi connectivity index (χ0n) is 10.3. The lowest BCUT2D eigenvalue weighted by Gasteiger charge is -2.27. The van der Waals surface area contributed by atoms with Gasteiger partial charge >= 0.3 is 5.97 Å². The lowest BCUT2D eigenvalue weighted by atomic mass is 9.93. The molecule has 1 atom stereocenters. The first-order valence-electron chi connectivity index (χ1n) is 5.26. The number of nitrogens with one attached hydrogen (secondary N) is 1. The van der Waals surface area contributed by atoms with Crippen LogP contribution in [0.3, 0.4) is 0 Å². The molecule has 0 heterocycles. The van der Waals surface area contributed by atoms with E-state index in [0.717, 1.165) is 0 Å². The average molecular weight is 217 g/mol. The number of carbonyl (C=O) groups excluding carboxylic acids is 1. The smallest absolute Gasteiger partial charge is 0.323 e. The summed E-state index contributed by atoms with van der Waals surface area (Å²) in [4.78, 5) is 11.4. The fraction of sp³-hybridized carbons (Fsp3) is 0.909. The zero-order valence-corrected chi connectivity index (χ0v) is 10.3. The van der Waals surface area contributed by atoms with Crippen molar-refractivity contribution in [2.75, 3.05) is 20.3 Å². The molecular formula is C11H23NO3. The minimum Gasteiger partial charge on any atom is -0.468 e. The van der Waals surface area contributed by atoms with Gasteiger partial charge in [0.2, 0.25) is 0 Å². The third-order valence-electron chi connectivity index (χ3n) is 2.35. The molecule has 15 heavy (non-hydrogen) atoms. The van der Waals surface area contributed by atoms with E-state index in [4.69, 9.17) is 9.84 Å². The van der Waals surface area contributed by atoms with Crippen molar-refractivity contribution >= 4 is 5.97 Å². The number of rotatable bonds is 6. The second-order valence-corrected chi connectivity index (χ2v) is 4.95. The quantitative estimate of drug-likeness (QED) is 0.646. The Bertz CT molecular complexity index is 202. The van der Waals surface area contributed by atoms with Crippen molar-refractivity contribution in [2.45, 2.75) is 33.7 Å². The predicted octanol–water partition coefficient (Wildman–Crippen LogP) is 0.792. The summed E-state index contributed by atoms with van der Waals surface area (Å²) in [6, 6.07) is -0.305. The third kappa shape index (κ3) is 5.14. The molecule has 0 aliphatic heterocycles. The Hall–Kier alpha value is -0.610. The topological polar surface area (TPSA) is 58.6 Å². The molecule has 0 saturated carbocycles. The first kappa shape index (κ1) is 14.4. The SMILES string of the molecule is COC(=O)[C@@H](NCC(C)(C)CO)C(C)C. The molecule has 0 rings (SSSR count). The van der Waals surface area contributed by atoms with Gasteiger partial charge in [-0.2, -0.15) is 0 Å². The van der Waals surface area contributed by atoms with Crippen molar-refractivity contribution in [3.8, 4) is 0 Å². The number of methoxy groups -OCH3 is 1. The van der Waals surface area contributed by atoms with Crippen molar-refractivity contribution < 1.29 is 14.6 Å². The minimum atomic E-state index is -0.305. The Morgan fingerprint density at radius 1 is 1.47 bits per heavy atom. The van der Waals surface area contributed by atoms with Crippen LogP contribution in [0.5, 0.6) is 0 Å². The highest BCUT2D eigenvalue weighted by molar-refractivity contribution is 5.75. The van der Waals surface area contributed by atoms with Gasteiger partial charge < -0.3 is 15.2 Å². The summed E-state index contributed by atoms with van der Waals surface area (Å²) in [6.45, 7) is 8.47. The Labute approximate surface area is 92.0 Å². The number of hydrogen-bond acceptors (Lipinski definition) is 4. The Morgan fingerprint density at radius 3 is 2.33 bits per heavy atom. The van der Waals surface area contributed by atoms with Gasteiger partial charge in [-0.05, 0) is 5.92 Å². The van der Waals surface area contributed by atoms with Crippen molar-refractivity contribution in [1.82, 2.24) is 5.32 Å². The maximum absolute atomic E-state index is 11.4. The molecule has 2 N–H and O–H groups in total. The number of ether oxygens (including phenoxy) is 1. The first-order chi connectivity index (χ1) is 6.84. The highest BCUT2D eigenvalue weighted by Crippen LogP contribution is 2.13. The largest absolute Gasteiger partial charge is 0.468 e. The number of aliphatic hydroxyl groups excluding tert-OH is 1. The van der Waals surface area contributed by atoms with E-state index in [2.05, 4.69) is 5.32 Å². The fourth-order valence-corrected chi connectivity index (χ4v) is 1.16. The van der Waals surface area contributed by atoms with Crippen LogP contribution in [0, 0.1) is 11.3 Å². The molecule has 4 nitrogen and oxygen atoms in total. The van der Waals surface area contributed by atoms with E-state index in [9.17, 15) is 4.79 Å². The van der Waals surface area contributed by atoms with Crippen LogP contribution in [0.4, 0.5) is 0 Å². The number of hydrogen-bond donors (Lipinski definition) is 2. The summed E-state index contributed by atoms with van der Waals surface area (Å²) >= 11 is 0. The summed E-state index contributed by atoms with van der Waals surface area (Å²) in [5.74, 6) is -0.0781. The molecule has 0 spiro atoms. The van der Waals surface area contributed by atoms with E-state index < -0.39 is 0 Å². The predicted molar refractivity (Wildman–Crippen MR) is 59.5 cm³/mol. The van der Waals surface area contributed by atoms with Gasteiger partial charge in [0, 0.05) is 18.6 Å². The van der Waals surface area contributed by atoms with Gasteiger partial charge in [0.25, 0.3) is 0 Å². The van der Waals surface area contributed by atoms with Crippen LogP contribution in [-0.2, 0) is 9.53 Å². The summed E-state index contributed by atoms with van der Waals surface area (Å²) < 4.78 is 4.71. The third-order valence-corrected chi connectivity index (χ3v) is 2.35. The normalized spacial score (nSPS) is 14.1. The van der Waals surface area contributed by atoms with Gasteiger partial charge in [0.05, 0.1) is 7.11 Å². The van der Waals surface area contributed by atoms with E-state index in [-0.39, 0.29) is 30.0 Å². The first-order valence-corrected chi connectivity index (χ1v) is 5.26. The molecule has 0 unspecified atom stereocenters. The second-order valence-electron chi connectivity index (χ2n) is 4.95. The van der Waals surface area contributed by atoms with Crippen LogP contribution in [0.2, 0.25) is 0 Å². The number of carbonyl (C=O) groups is 1. The monoisotopic (exact) mass is 217 g/mol. The van der Waals surface area contributed by atoms with Crippen LogP contribution in [-0.4, -0.2) is 37.4 Å². The molecule has 4 heteroatoms. The van der Waals surface area contributed by atoms with Gasteiger partial charge in [-0.1, -0.05) is 27.7 Å². The van der Waals surface area contributed by atoms with Crippen molar-refractivity contribution in [2.24, 2.45) is 11.3 Å². The summed E-state index contributed by atoms with van der Waals surface area (Å²) in [6.07, 6.45) is 0. The van der Waals surface area contributed by atoms with E-state index in [1.54, 1.807) is 0 Å². The summed E-state index contributed by atoms with van der Waals surface area (Å²) in [5, 5.41) is 12.2. The second kappa shape index (κ2) is 6.08. The lowest BCUT2D eigenvalue weighted by molar-refractivity contribution is -0.144. The van der Waals surface area contributed by atoms with Gasteiger partial charge in [0.15, 0.2) is 0 Å². The maximum atomic E-state index is 11.4. The maximum Gasteiger partial charge on any atom is 0.323 e. The Balaban J connectivity index is 4.26. The lowest BCUT2D eigenvalue weighted by Crippen LogP contribution is -2.46. The minimum absolute atomic E-state index is 0.0893. The molecule has 0 amide bonds. The molecule has 0 aliphatic rings. The van der Waals surface area contributed by atoms with Crippen molar-refractivity contribution in [3.05, 3.63) is 0 Å². The van der Waals surface area contributed by atoms with E-state index in [1.165, 1.54) is 7.11 Å². The van der Waals surface area contributed by atoms with Gasteiger partial charge in [0.1, 0.15) is 6.04 Å². The van der Waals surface area contributed by atoms with E-state index in [0.29, 0.717) is 6.54 Å². The standard InChI is InChI=1S/C11H23NO3/c1-8(2)9(10(14)15-5)12-6-11(3,4)7-13/h8-9,12-13H,6-7H2,1-5H3/t9-/m0/s1. The van der Waals surface area contributed by atoms with Crippen molar-refractivity contribution in [3.63, 3.8) is 0 Å². The van der Waals surface area contributed by atoms with Crippen LogP contribution in [0.1, 0.15) is 27.7 Å². The van der Waals surface area contributed by atoms with Crippen molar-refractivity contribution in [1.29, 1.82) is 0 Å². The fourth-order valence-electron chi connectivity index (χ4n) is 1.16. The molecule has 0 aromatic heterocycles. The van der Waals surface area contributed by atoms with Crippen LogP contribution in [0.25, 0.3) is 0 Å². The number of aliphatic hydroxyl groups is 1. The molecule has 0 saturated heterocycles. The molecule has 0 bridgehead atoms. The van der Waals surface area contributed by atoms with E-state index >= 15 is 0 Å². The van der Waals surface area contributed by atoms with Crippen LogP contribution in [0.15, 0.2) is 0 Å². The molecule has 0 aromatic carbocycles. The average Bonchev–Trinajstić information content (AvgIpc) is 2.17. The highest BCUT2D eigenvalue weighted by atomic mass is 16.5. The Kier molecular flexibility index (Phi) is 5.83. The van der Waals surface area contributed by atoms with Crippen LogP contribution < -0.4 is 5.32 Å². The number of esters is 1. The van der Waals surface area contributed by atoms with Gasteiger partial charge in [-0.15, -0.1) is 0 Å². The molecule has 0 aliphatic carbocycles. The molecule has 0 aromatic rings. The highest BCUT2D eigenvalue weighted by Gasteiger charge is 2.25. The molecule has 0 fully saturated rings. The Morgan fingerprint density at radius 2 is 2.00 bits per heavy atom. The van der Waals surface area contributed by atoms with E-state index in [1.807, 2.05) is 27.7 Å². The molecule has 90 valence electrons. The van der Waals surface area contributed by atoms with Crippen LogP contribution >= 0.6 is 0 Å². The molecule has 0 radical (unpaired) electrons. The zero-order chi connectivity index (χ0) is 12.1. The molecular weight excluding hydrogens is 194 g/mol. The van der Waals surface area contributed by atoms with Gasteiger partial charge in [-0.3, -0.25) is 4.79 Å². The van der Waals surface area contributed by atoms with Gasteiger partial charge in [-0.25, -0.2) is 0 Å². The summed E-state index contributed by atoms with van der Waals surface area (Å²) in [7, 11) is 1.39. The summed E-state index contributed by atoms with van der Waals surface area (Å²) in [5.41, 5.74) is -0.221.